The van der Waals surface area contributed by atoms with Gasteiger partial charge in [-0.15, -0.1) is 17.8 Å². The third-order valence-corrected chi connectivity index (χ3v) is 4.20. The molecule has 0 aliphatic heterocycles. The predicted octanol–water partition coefficient (Wildman–Crippen LogP) is 2.87. The van der Waals surface area contributed by atoms with Gasteiger partial charge in [0.2, 0.25) is 0 Å². The average Bonchev–Trinajstić information content (AvgIpc) is 2.86. The average molecular weight is 263 g/mol. The summed E-state index contributed by atoms with van der Waals surface area (Å²) in [6.07, 6.45) is 6.85. The number of hydrogen-bond acceptors (Lipinski definition) is 3. The first kappa shape index (κ1) is 14.5. The highest BCUT2D eigenvalue weighted by Gasteiger charge is 2.26. The molecule has 0 bridgehead atoms. The van der Waals surface area contributed by atoms with E-state index in [9.17, 15) is 9.59 Å². The maximum Gasteiger partial charge on any atom is 0.262 e. The molecule has 0 saturated heterocycles. The van der Waals surface area contributed by atoms with Crippen LogP contribution < -0.4 is 5.32 Å². The minimum atomic E-state index is -0.600. The third kappa shape index (κ3) is 2.99. The number of hydrogen-bond donors (Lipinski definition) is 1. The summed E-state index contributed by atoms with van der Waals surface area (Å²) in [5.41, 5.74) is -0.600. The van der Waals surface area contributed by atoms with Gasteiger partial charge in [-0.3, -0.25) is 9.59 Å². The summed E-state index contributed by atoms with van der Waals surface area (Å²) in [6, 6.07) is 3.32. The lowest BCUT2D eigenvalue weighted by Gasteiger charge is -2.26. The standard InChI is InChI=1S/C14H17NO2S/c1-5-14(6-2,7-3)15-13(17)12-9-8-11(18-12)10(4)16/h1,8-9H,6-7H2,2-4H3,(H,15,17). The quantitative estimate of drug-likeness (QED) is 0.656. The molecule has 3 nitrogen and oxygen atoms in total. The second-order valence-corrected chi connectivity index (χ2v) is 5.19. The molecule has 96 valence electrons. The highest BCUT2D eigenvalue weighted by atomic mass is 32.1. The lowest BCUT2D eigenvalue weighted by molar-refractivity contribution is 0.0920. The fraction of sp³-hybridized carbons (Fsp3) is 0.429. The zero-order valence-electron chi connectivity index (χ0n) is 10.9. The van der Waals surface area contributed by atoms with Crippen LogP contribution in [-0.4, -0.2) is 17.2 Å². The summed E-state index contributed by atoms with van der Waals surface area (Å²) < 4.78 is 0. The van der Waals surface area contributed by atoms with E-state index in [1.54, 1.807) is 12.1 Å². The van der Waals surface area contributed by atoms with Crippen molar-refractivity contribution in [1.82, 2.24) is 5.32 Å². The number of Topliss-reactive ketones (excluding diaryl/α,β-unsaturated/α-hetero) is 1. The van der Waals surface area contributed by atoms with Crippen LogP contribution in [0.5, 0.6) is 0 Å². The van der Waals surface area contributed by atoms with Crippen molar-refractivity contribution < 1.29 is 9.59 Å². The molecule has 0 atom stereocenters. The van der Waals surface area contributed by atoms with E-state index in [0.29, 0.717) is 22.6 Å². The smallest absolute Gasteiger partial charge is 0.262 e. The normalized spacial score (nSPS) is 10.8. The van der Waals surface area contributed by atoms with Crippen molar-refractivity contribution in [3.63, 3.8) is 0 Å². The molecule has 0 fully saturated rings. The van der Waals surface area contributed by atoms with Gasteiger partial charge in [-0.1, -0.05) is 19.8 Å². The Morgan fingerprint density at radius 3 is 2.28 bits per heavy atom. The lowest BCUT2D eigenvalue weighted by Crippen LogP contribution is -2.46. The van der Waals surface area contributed by atoms with Gasteiger partial charge in [0.25, 0.3) is 5.91 Å². The Kier molecular flexibility index (Phi) is 4.69. The Balaban J connectivity index is 2.88. The molecule has 0 aliphatic carbocycles. The summed E-state index contributed by atoms with van der Waals surface area (Å²) in [5.74, 6) is 2.40. The van der Waals surface area contributed by atoms with E-state index in [1.807, 2.05) is 13.8 Å². The highest BCUT2D eigenvalue weighted by Crippen LogP contribution is 2.20. The van der Waals surface area contributed by atoms with Crippen LogP contribution in [0, 0.1) is 12.3 Å². The molecule has 0 spiro atoms. The molecule has 1 N–H and O–H groups in total. The van der Waals surface area contributed by atoms with Gasteiger partial charge in [0.1, 0.15) is 5.54 Å². The highest BCUT2D eigenvalue weighted by molar-refractivity contribution is 7.15. The first-order valence-corrected chi connectivity index (χ1v) is 6.70. The van der Waals surface area contributed by atoms with Gasteiger partial charge in [0.05, 0.1) is 9.75 Å². The second kappa shape index (κ2) is 5.83. The van der Waals surface area contributed by atoms with Crippen molar-refractivity contribution in [2.24, 2.45) is 0 Å². The molecule has 1 heterocycles. The number of nitrogens with one attached hydrogen (secondary N) is 1. The van der Waals surface area contributed by atoms with Gasteiger partial charge in [-0.05, 0) is 31.9 Å². The molecule has 1 rings (SSSR count). The van der Waals surface area contributed by atoms with E-state index in [2.05, 4.69) is 11.2 Å². The van der Waals surface area contributed by atoms with E-state index >= 15 is 0 Å². The monoisotopic (exact) mass is 263 g/mol. The van der Waals surface area contributed by atoms with Crippen LogP contribution in [-0.2, 0) is 0 Å². The summed E-state index contributed by atoms with van der Waals surface area (Å²) in [5, 5.41) is 2.87. The van der Waals surface area contributed by atoms with Crippen molar-refractivity contribution >= 4 is 23.0 Å². The molecule has 18 heavy (non-hydrogen) atoms. The Hall–Kier alpha value is -1.60. The Bertz CT molecular complexity index is 492. The molecule has 0 radical (unpaired) electrons. The molecule has 1 amide bonds. The van der Waals surface area contributed by atoms with Gasteiger partial charge in [0, 0.05) is 0 Å². The summed E-state index contributed by atoms with van der Waals surface area (Å²) in [6.45, 7) is 5.37. The molecule has 1 aromatic rings. The molecule has 0 aromatic carbocycles. The first-order chi connectivity index (χ1) is 8.48. The van der Waals surface area contributed by atoms with Crippen LogP contribution >= 0.6 is 11.3 Å². The van der Waals surface area contributed by atoms with Crippen molar-refractivity contribution in [3.05, 3.63) is 21.9 Å². The molecule has 4 heteroatoms. The number of carbonyl (C=O) groups is 2. The zero-order valence-corrected chi connectivity index (χ0v) is 11.7. The number of thiophene rings is 1. The summed E-state index contributed by atoms with van der Waals surface area (Å²) in [4.78, 5) is 24.3. The number of rotatable bonds is 5. The first-order valence-electron chi connectivity index (χ1n) is 5.89. The Morgan fingerprint density at radius 2 is 1.89 bits per heavy atom. The van der Waals surface area contributed by atoms with Crippen LogP contribution in [0.3, 0.4) is 0 Å². The molecule has 0 aliphatic rings. The van der Waals surface area contributed by atoms with Crippen LogP contribution in [0.25, 0.3) is 0 Å². The van der Waals surface area contributed by atoms with Crippen LogP contribution in [0.4, 0.5) is 0 Å². The molecular weight excluding hydrogens is 246 g/mol. The summed E-state index contributed by atoms with van der Waals surface area (Å²) in [7, 11) is 0. The fourth-order valence-electron chi connectivity index (χ4n) is 1.60. The van der Waals surface area contributed by atoms with Gasteiger partial charge >= 0.3 is 0 Å². The van der Waals surface area contributed by atoms with E-state index in [0.717, 1.165) is 0 Å². The van der Waals surface area contributed by atoms with Gasteiger partial charge in [-0.2, -0.15) is 0 Å². The van der Waals surface area contributed by atoms with Crippen molar-refractivity contribution in [3.8, 4) is 12.3 Å². The van der Waals surface area contributed by atoms with Gasteiger partial charge < -0.3 is 5.32 Å². The third-order valence-electron chi connectivity index (χ3n) is 3.01. The van der Waals surface area contributed by atoms with E-state index in [4.69, 9.17) is 6.42 Å². The topological polar surface area (TPSA) is 46.2 Å². The van der Waals surface area contributed by atoms with Gasteiger partial charge in [0.15, 0.2) is 5.78 Å². The molecule has 0 unspecified atom stereocenters. The minimum Gasteiger partial charge on any atom is -0.335 e. The van der Waals surface area contributed by atoms with Crippen molar-refractivity contribution in [2.45, 2.75) is 39.2 Å². The number of carbonyl (C=O) groups excluding carboxylic acids is 2. The number of amides is 1. The number of terminal acetylenes is 1. The molecular formula is C14H17NO2S. The van der Waals surface area contributed by atoms with Crippen LogP contribution in [0.2, 0.25) is 0 Å². The lowest BCUT2D eigenvalue weighted by atomic mass is 9.94. The minimum absolute atomic E-state index is 0.0340. The fourth-order valence-corrected chi connectivity index (χ4v) is 2.39. The maximum absolute atomic E-state index is 12.1. The van der Waals surface area contributed by atoms with E-state index < -0.39 is 5.54 Å². The van der Waals surface area contributed by atoms with Crippen molar-refractivity contribution in [1.29, 1.82) is 0 Å². The molecule has 0 saturated carbocycles. The second-order valence-electron chi connectivity index (χ2n) is 4.11. The van der Waals surface area contributed by atoms with Crippen LogP contribution in [0.1, 0.15) is 53.0 Å². The van der Waals surface area contributed by atoms with Crippen molar-refractivity contribution in [2.75, 3.05) is 0 Å². The predicted molar refractivity (Wildman–Crippen MR) is 73.9 cm³/mol. The van der Waals surface area contributed by atoms with Gasteiger partial charge in [-0.25, -0.2) is 0 Å². The zero-order chi connectivity index (χ0) is 13.8. The Morgan fingerprint density at radius 1 is 1.33 bits per heavy atom. The maximum atomic E-state index is 12.1. The Labute approximate surface area is 112 Å². The number of ketones is 1. The summed E-state index contributed by atoms with van der Waals surface area (Å²) >= 11 is 1.19. The van der Waals surface area contributed by atoms with E-state index in [-0.39, 0.29) is 11.7 Å². The molecule has 1 aromatic heterocycles. The van der Waals surface area contributed by atoms with Crippen LogP contribution in [0.15, 0.2) is 12.1 Å². The largest absolute Gasteiger partial charge is 0.335 e. The SMILES string of the molecule is C#CC(CC)(CC)NC(=O)c1ccc(C(C)=O)s1. The van der Waals surface area contributed by atoms with E-state index in [1.165, 1.54) is 18.3 Å².